The fourth-order valence-electron chi connectivity index (χ4n) is 1.32. The number of phosphoric acid groups is 1. The van der Waals surface area contributed by atoms with Gasteiger partial charge in [-0.25, -0.2) is 4.57 Å². The average molecular weight is 422 g/mol. The number of rotatable bonds is 8. The van der Waals surface area contributed by atoms with Crippen molar-refractivity contribution in [3.8, 4) is 5.75 Å². The van der Waals surface area contributed by atoms with Crippen LogP contribution in [0.25, 0.3) is 0 Å². The van der Waals surface area contributed by atoms with Gasteiger partial charge in [0.1, 0.15) is 5.75 Å². The van der Waals surface area contributed by atoms with Gasteiger partial charge in [0, 0.05) is 4.47 Å². The van der Waals surface area contributed by atoms with Gasteiger partial charge in [0.2, 0.25) is 0 Å². The zero-order chi connectivity index (χ0) is 16.1. The molecule has 0 N–H and O–H groups in total. The second-order valence-electron chi connectivity index (χ2n) is 3.87. The summed E-state index contributed by atoms with van der Waals surface area (Å²) in [5.41, 5.74) is 0. The molecule has 1 atom stereocenters. The monoisotopic (exact) mass is 420 g/mol. The molecule has 6 nitrogen and oxygen atoms in total. The quantitative estimate of drug-likeness (QED) is 0.580. The van der Waals surface area contributed by atoms with Gasteiger partial charge < -0.3 is 4.52 Å². The van der Waals surface area contributed by atoms with Gasteiger partial charge in [-0.15, -0.1) is 0 Å². The standard InChI is InChI=1S/C11H15BrClO6PS/c1-3-7-21(15,16)19-20(14,17-4-2)18-11-6-5-9(12)8-10(11)13/h5-6,8H,3-4,7H2,1-2H3. The Balaban J connectivity index is 3.03. The van der Waals surface area contributed by atoms with E-state index in [1.165, 1.54) is 19.1 Å². The highest BCUT2D eigenvalue weighted by molar-refractivity contribution is 9.10. The summed E-state index contributed by atoms with van der Waals surface area (Å²) in [6.07, 6.45) is 0.313. The number of hydrogen-bond acceptors (Lipinski definition) is 6. The van der Waals surface area contributed by atoms with E-state index in [1.54, 1.807) is 13.0 Å². The van der Waals surface area contributed by atoms with Crippen LogP contribution in [0.4, 0.5) is 0 Å². The van der Waals surface area contributed by atoms with Gasteiger partial charge in [0.15, 0.2) is 0 Å². The van der Waals surface area contributed by atoms with Crippen molar-refractivity contribution in [2.75, 3.05) is 12.4 Å². The topological polar surface area (TPSA) is 78.9 Å². The van der Waals surface area contributed by atoms with Gasteiger partial charge in [-0.1, -0.05) is 34.5 Å². The molecule has 0 fully saturated rings. The van der Waals surface area contributed by atoms with Gasteiger partial charge in [-0.3, -0.25) is 4.52 Å². The summed E-state index contributed by atoms with van der Waals surface area (Å²) < 4.78 is 51.0. The lowest BCUT2D eigenvalue weighted by Gasteiger charge is -2.18. The molecular weight excluding hydrogens is 407 g/mol. The molecule has 0 saturated heterocycles. The highest BCUT2D eigenvalue weighted by atomic mass is 79.9. The predicted molar refractivity (Wildman–Crippen MR) is 84.2 cm³/mol. The fraction of sp³-hybridized carbons (Fsp3) is 0.455. The van der Waals surface area contributed by atoms with Gasteiger partial charge in [0.25, 0.3) is 10.1 Å². The molecule has 21 heavy (non-hydrogen) atoms. The molecule has 0 spiro atoms. The third kappa shape index (κ3) is 6.26. The van der Waals surface area contributed by atoms with E-state index in [0.29, 0.717) is 10.9 Å². The van der Waals surface area contributed by atoms with Gasteiger partial charge in [0.05, 0.1) is 17.4 Å². The van der Waals surface area contributed by atoms with Crippen molar-refractivity contribution in [3.05, 3.63) is 27.7 Å². The highest BCUT2D eigenvalue weighted by Gasteiger charge is 2.35. The van der Waals surface area contributed by atoms with Crippen LogP contribution in [0.5, 0.6) is 5.75 Å². The molecule has 1 aromatic rings. The van der Waals surface area contributed by atoms with E-state index in [1.807, 2.05) is 0 Å². The van der Waals surface area contributed by atoms with Gasteiger partial charge >= 0.3 is 7.82 Å². The van der Waals surface area contributed by atoms with E-state index in [9.17, 15) is 13.0 Å². The Morgan fingerprint density at radius 2 is 2.00 bits per heavy atom. The van der Waals surface area contributed by atoms with Crippen LogP contribution in [-0.4, -0.2) is 20.8 Å². The third-order valence-corrected chi connectivity index (χ3v) is 6.38. The average Bonchev–Trinajstić information content (AvgIpc) is 2.32. The first-order valence-corrected chi connectivity index (χ1v) is 10.3. The molecule has 120 valence electrons. The fourth-order valence-corrected chi connectivity index (χ4v) is 5.06. The van der Waals surface area contributed by atoms with E-state index in [-0.39, 0.29) is 23.1 Å². The maximum absolute atomic E-state index is 12.4. The van der Waals surface area contributed by atoms with E-state index in [4.69, 9.17) is 20.6 Å². The Morgan fingerprint density at radius 1 is 1.33 bits per heavy atom. The lowest BCUT2D eigenvalue weighted by atomic mass is 10.3. The Bertz CT molecular complexity index is 636. The summed E-state index contributed by atoms with van der Waals surface area (Å²) in [6.45, 7) is 3.14. The van der Waals surface area contributed by atoms with E-state index in [2.05, 4.69) is 19.9 Å². The van der Waals surface area contributed by atoms with E-state index < -0.39 is 17.9 Å². The largest absolute Gasteiger partial charge is 0.545 e. The number of benzene rings is 1. The Hall–Kier alpha value is -0.110. The highest BCUT2D eigenvalue weighted by Crippen LogP contribution is 2.52. The van der Waals surface area contributed by atoms with Gasteiger partial charge in [-0.2, -0.15) is 12.4 Å². The van der Waals surface area contributed by atoms with Crippen molar-refractivity contribution in [3.63, 3.8) is 0 Å². The second-order valence-corrected chi connectivity index (χ2v) is 8.65. The summed E-state index contributed by atoms with van der Waals surface area (Å²) in [4.78, 5) is 0. The molecule has 0 saturated carbocycles. The molecule has 0 amide bonds. The first-order chi connectivity index (χ1) is 9.71. The van der Waals surface area contributed by atoms with Crippen LogP contribution in [0.3, 0.4) is 0 Å². The normalized spacial score (nSPS) is 14.7. The summed E-state index contributed by atoms with van der Waals surface area (Å²) >= 11 is 9.14. The summed E-state index contributed by atoms with van der Waals surface area (Å²) in [5, 5.41) is 0.140. The molecule has 0 aliphatic heterocycles. The SMILES string of the molecule is CCCS(=O)(=O)OP(=O)(OCC)Oc1ccc(Br)cc1Cl. The maximum atomic E-state index is 12.4. The molecule has 1 unspecified atom stereocenters. The molecular formula is C11H15BrClO6PS. The maximum Gasteiger partial charge on any atom is 0.545 e. The lowest BCUT2D eigenvalue weighted by Crippen LogP contribution is -2.12. The van der Waals surface area contributed by atoms with Crippen LogP contribution < -0.4 is 4.52 Å². The van der Waals surface area contributed by atoms with Crippen LogP contribution >= 0.6 is 35.4 Å². The van der Waals surface area contributed by atoms with Gasteiger partial charge in [-0.05, 0) is 31.5 Å². The molecule has 0 radical (unpaired) electrons. The summed E-state index contributed by atoms with van der Waals surface area (Å²) in [6, 6.07) is 4.53. The molecule has 0 heterocycles. The zero-order valence-corrected chi connectivity index (χ0v) is 15.5. The molecule has 0 aliphatic carbocycles. The van der Waals surface area contributed by atoms with Crippen molar-refractivity contribution >= 4 is 45.5 Å². The van der Waals surface area contributed by atoms with Crippen LogP contribution in [0.1, 0.15) is 20.3 Å². The van der Waals surface area contributed by atoms with Crippen molar-refractivity contribution in [2.24, 2.45) is 0 Å². The van der Waals surface area contributed by atoms with Crippen LogP contribution in [0.15, 0.2) is 22.7 Å². The van der Waals surface area contributed by atoms with Crippen molar-refractivity contribution in [1.82, 2.24) is 0 Å². The van der Waals surface area contributed by atoms with Crippen molar-refractivity contribution in [2.45, 2.75) is 20.3 Å². The number of phosphoric ester groups is 1. The molecule has 0 aliphatic rings. The smallest absolute Gasteiger partial charge is 0.402 e. The zero-order valence-electron chi connectivity index (χ0n) is 11.4. The Kier molecular flexibility index (Phi) is 7.16. The molecule has 1 rings (SSSR count). The van der Waals surface area contributed by atoms with E-state index >= 15 is 0 Å². The van der Waals surface area contributed by atoms with Crippen molar-refractivity contribution in [1.29, 1.82) is 0 Å². The van der Waals surface area contributed by atoms with E-state index in [0.717, 1.165) is 0 Å². The minimum Gasteiger partial charge on any atom is -0.402 e. The van der Waals surface area contributed by atoms with Crippen LogP contribution in [0.2, 0.25) is 5.02 Å². The minimum atomic E-state index is -4.32. The Labute approximate surface area is 137 Å². The summed E-state index contributed by atoms with van der Waals surface area (Å²) in [5.74, 6) is -0.287. The first-order valence-electron chi connectivity index (χ1n) is 6.04. The molecule has 0 aromatic heterocycles. The summed E-state index contributed by atoms with van der Waals surface area (Å²) in [7, 11) is -8.34. The predicted octanol–water partition coefficient (Wildman–Crippen LogP) is 4.38. The van der Waals surface area contributed by atoms with Crippen LogP contribution in [0, 0.1) is 0 Å². The number of hydrogen-bond donors (Lipinski definition) is 0. The molecule has 1 aromatic carbocycles. The van der Waals surface area contributed by atoms with Crippen molar-refractivity contribution < 1.29 is 26.0 Å². The first kappa shape index (κ1) is 18.9. The Morgan fingerprint density at radius 3 is 2.52 bits per heavy atom. The molecule has 10 heteroatoms. The third-order valence-electron chi connectivity index (χ3n) is 2.05. The lowest BCUT2D eigenvalue weighted by molar-refractivity contribution is 0.221. The minimum absolute atomic E-state index is 0.00310. The second kappa shape index (κ2) is 7.94. The van der Waals surface area contributed by atoms with Crippen LogP contribution in [-0.2, 0) is 23.2 Å². The number of halogens is 2. The molecule has 0 bridgehead atoms.